The molecule has 0 aliphatic rings. The second-order valence-electron chi connectivity index (χ2n) is 2.66. The monoisotopic (exact) mass is 235 g/mol. The molecule has 0 aliphatic heterocycles. The number of nitrogens with one attached hydrogen (secondary N) is 1. The van der Waals surface area contributed by atoms with Crippen molar-refractivity contribution in [2.24, 2.45) is 0 Å². The molecule has 6 heteroatoms. The molecule has 0 bridgehead atoms. The summed E-state index contributed by atoms with van der Waals surface area (Å²) >= 11 is 1.28. The van der Waals surface area contributed by atoms with E-state index in [1.54, 1.807) is 0 Å². The summed E-state index contributed by atoms with van der Waals surface area (Å²) < 4.78 is 21.4. The minimum Gasteiger partial charge on any atom is -0.344 e. The van der Waals surface area contributed by atoms with Crippen molar-refractivity contribution in [3.05, 3.63) is 0 Å². The fraction of sp³-hybridized carbons (Fsp3) is 0.625. The molecule has 0 fully saturated rings. The van der Waals surface area contributed by atoms with E-state index in [0.717, 1.165) is 0 Å². The third kappa shape index (κ3) is 9.42. The van der Waals surface area contributed by atoms with Crippen LogP contribution in [0.1, 0.15) is 0 Å². The first kappa shape index (κ1) is 13.3. The van der Waals surface area contributed by atoms with Gasteiger partial charge in [-0.15, -0.1) is 6.42 Å². The molecular weight excluding hydrogens is 222 g/mol. The third-order valence-electron chi connectivity index (χ3n) is 1.22. The molecule has 14 heavy (non-hydrogen) atoms. The zero-order valence-electron chi connectivity index (χ0n) is 7.95. The molecule has 0 saturated carbocycles. The molecule has 1 amide bonds. The molecule has 0 rings (SSSR count). The minimum atomic E-state index is -2.92. The van der Waals surface area contributed by atoms with Crippen LogP contribution in [0.4, 0.5) is 0 Å². The van der Waals surface area contributed by atoms with Crippen molar-refractivity contribution in [2.75, 3.05) is 30.1 Å². The van der Waals surface area contributed by atoms with Crippen molar-refractivity contribution in [3.8, 4) is 12.3 Å². The first-order valence-electron chi connectivity index (χ1n) is 3.91. The van der Waals surface area contributed by atoms with Crippen molar-refractivity contribution in [1.29, 1.82) is 0 Å². The van der Waals surface area contributed by atoms with E-state index >= 15 is 0 Å². The Labute approximate surface area is 88.8 Å². The molecule has 0 aliphatic carbocycles. The van der Waals surface area contributed by atoms with Crippen LogP contribution in [0.5, 0.6) is 0 Å². The Morgan fingerprint density at radius 3 is 2.71 bits per heavy atom. The lowest BCUT2D eigenvalue weighted by molar-refractivity contribution is -0.118. The average Bonchev–Trinajstić information content (AvgIpc) is 2.07. The van der Waals surface area contributed by atoms with Crippen LogP contribution >= 0.6 is 11.8 Å². The predicted octanol–water partition coefficient (Wildman–Crippen LogP) is -0.486. The first-order chi connectivity index (χ1) is 6.45. The Hall–Kier alpha value is -0.670. The van der Waals surface area contributed by atoms with E-state index in [2.05, 4.69) is 11.2 Å². The molecule has 0 heterocycles. The molecule has 0 aromatic rings. The third-order valence-corrected chi connectivity index (χ3v) is 3.38. The van der Waals surface area contributed by atoms with Crippen molar-refractivity contribution >= 4 is 27.5 Å². The smallest absolute Gasteiger partial charge is 0.230 e. The SMILES string of the molecule is C#CCNC(=O)CSCCS(C)(=O)=O. The molecular formula is C8H13NO3S2. The van der Waals surface area contributed by atoms with Crippen molar-refractivity contribution < 1.29 is 13.2 Å². The van der Waals surface area contributed by atoms with E-state index in [1.807, 2.05) is 0 Å². The van der Waals surface area contributed by atoms with E-state index in [1.165, 1.54) is 18.0 Å². The Morgan fingerprint density at radius 1 is 1.57 bits per heavy atom. The van der Waals surface area contributed by atoms with E-state index in [4.69, 9.17) is 6.42 Å². The summed E-state index contributed by atoms with van der Waals surface area (Å²) in [5.74, 6) is 2.89. The zero-order valence-corrected chi connectivity index (χ0v) is 9.58. The summed E-state index contributed by atoms with van der Waals surface area (Å²) in [6.07, 6.45) is 6.11. The van der Waals surface area contributed by atoms with Gasteiger partial charge < -0.3 is 5.32 Å². The van der Waals surface area contributed by atoms with Crippen LogP contribution in [0.3, 0.4) is 0 Å². The highest BCUT2D eigenvalue weighted by molar-refractivity contribution is 8.01. The second kappa shape index (κ2) is 6.74. The summed E-state index contributed by atoms with van der Waals surface area (Å²) in [6, 6.07) is 0. The lowest BCUT2D eigenvalue weighted by Crippen LogP contribution is -2.25. The predicted molar refractivity (Wildman–Crippen MR) is 58.9 cm³/mol. The zero-order chi connectivity index (χ0) is 11.0. The average molecular weight is 235 g/mol. The number of carbonyl (C=O) groups excluding carboxylic acids is 1. The topological polar surface area (TPSA) is 63.2 Å². The molecule has 4 nitrogen and oxygen atoms in total. The van der Waals surface area contributed by atoms with Crippen LogP contribution in [0.2, 0.25) is 0 Å². The van der Waals surface area contributed by atoms with E-state index in [-0.39, 0.29) is 24.0 Å². The largest absolute Gasteiger partial charge is 0.344 e. The minimum absolute atomic E-state index is 0.0973. The molecule has 0 saturated heterocycles. The van der Waals surface area contributed by atoms with Gasteiger partial charge in [0.05, 0.1) is 18.1 Å². The Morgan fingerprint density at radius 2 is 2.21 bits per heavy atom. The fourth-order valence-electron chi connectivity index (χ4n) is 0.576. The molecule has 0 unspecified atom stereocenters. The number of amides is 1. The van der Waals surface area contributed by atoms with Gasteiger partial charge in [0.15, 0.2) is 0 Å². The number of carbonyl (C=O) groups is 1. The van der Waals surface area contributed by atoms with Crippen LogP contribution in [0.25, 0.3) is 0 Å². The number of hydrogen-bond donors (Lipinski definition) is 1. The molecule has 0 atom stereocenters. The van der Waals surface area contributed by atoms with Gasteiger partial charge in [0.25, 0.3) is 0 Å². The van der Waals surface area contributed by atoms with Crippen molar-refractivity contribution in [1.82, 2.24) is 5.32 Å². The van der Waals surface area contributed by atoms with Gasteiger partial charge in [-0.05, 0) is 0 Å². The molecule has 0 spiro atoms. The highest BCUT2D eigenvalue weighted by Gasteiger charge is 2.03. The number of thioether (sulfide) groups is 1. The quantitative estimate of drug-likeness (QED) is 0.498. The van der Waals surface area contributed by atoms with E-state index in [9.17, 15) is 13.2 Å². The maximum Gasteiger partial charge on any atom is 0.230 e. The Kier molecular flexibility index (Phi) is 6.41. The van der Waals surface area contributed by atoms with Gasteiger partial charge in [-0.1, -0.05) is 5.92 Å². The van der Waals surface area contributed by atoms with Crippen LogP contribution in [-0.4, -0.2) is 44.4 Å². The fourth-order valence-corrected chi connectivity index (χ4v) is 2.69. The van der Waals surface area contributed by atoms with Gasteiger partial charge in [-0.3, -0.25) is 4.79 Å². The normalized spacial score (nSPS) is 10.6. The van der Waals surface area contributed by atoms with Gasteiger partial charge in [0.1, 0.15) is 9.84 Å². The molecule has 0 radical (unpaired) electrons. The van der Waals surface area contributed by atoms with Crippen LogP contribution in [0, 0.1) is 12.3 Å². The first-order valence-corrected chi connectivity index (χ1v) is 7.13. The summed E-state index contributed by atoms with van der Waals surface area (Å²) in [5, 5.41) is 2.48. The van der Waals surface area contributed by atoms with Gasteiger partial charge in [0.2, 0.25) is 5.91 Å². The highest BCUT2D eigenvalue weighted by Crippen LogP contribution is 2.00. The Bertz CT molecular complexity index is 316. The molecule has 80 valence electrons. The van der Waals surface area contributed by atoms with Gasteiger partial charge in [0, 0.05) is 12.0 Å². The lowest BCUT2D eigenvalue weighted by atomic mass is 10.6. The van der Waals surface area contributed by atoms with Crippen LogP contribution in [-0.2, 0) is 14.6 Å². The van der Waals surface area contributed by atoms with Gasteiger partial charge in [-0.25, -0.2) is 8.42 Å². The van der Waals surface area contributed by atoms with Crippen LogP contribution < -0.4 is 5.32 Å². The molecule has 0 aromatic carbocycles. The molecule has 0 aromatic heterocycles. The Balaban J connectivity index is 3.47. The number of rotatable bonds is 6. The summed E-state index contributed by atoms with van der Waals surface area (Å²) in [7, 11) is -2.92. The van der Waals surface area contributed by atoms with Gasteiger partial charge >= 0.3 is 0 Å². The number of terminal acetylenes is 1. The molecule has 1 N–H and O–H groups in total. The lowest BCUT2D eigenvalue weighted by Gasteiger charge is -2.00. The summed E-state index contributed by atoms with van der Waals surface area (Å²) in [6.45, 7) is 0.214. The highest BCUT2D eigenvalue weighted by atomic mass is 32.2. The standard InChI is InChI=1S/C8H13NO3S2/c1-3-4-9-8(10)7-13-5-6-14(2,11)12/h1H,4-7H2,2H3,(H,9,10). The summed E-state index contributed by atoms with van der Waals surface area (Å²) in [5.41, 5.74) is 0. The second-order valence-corrected chi connectivity index (χ2v) is 6.03. The maximum atomic E-state index is 10.9. The summed E-state index contributed by atoms with van der Waals surface area (Å²) in [4.78, 5) is 10.9. The van der Waals surface area contributed by atoms with E-state index < -0.39 is 9.84 Å². The number of hydrogen-bond acceptors (Lipinski definition) is 4. The number of sulfone groups is 1. The van der Waals surface area contributed by atoms with Crippen molar-refractivity contribution in [3.63, 3.8) is 0 Å². The van der Waals surface area contributed by atoms with Crippen molar-refractivity contribution in [2.45, 2.75) is 0 Å². The van der Waals surface area contributed by atoms with Gasteiger partial charge in [-0.2, -0.15) is 11.8 Å². The maximum absolute atomic E-state index is 10.9. The van der Waals surface area contributed by atoms with E-state index in [0.29, 0.717) is 5.75 Å². The van der Waals surface area contributed by atoms with Crippen LogP contribution in [0.15, 0.2) is 0 Å².